The van der Waals surface area contributed by atoms with Gasteiger partial charge in [-0.25, -0.2) is 0 Å². The quantitative estimate of drug-likeness (QED) is 0.733. The van der Waals surface area contributed by atoms with Crippen molar-refractivity contribution in [1.29, 1.82) is 0 Å². The highest BCUT2D eigenvalue weighted by Gasteiger charge is 2.25. The van der Waals surface area contributed by atoms with E-state index >= 15 is 0 Å². The van der Waals surface area contributed by atoms with Crippen LogP contribution in [0.1, 0.15) is 64.7 Å². The first-order valence-electron chi connectivity index (χ1n) is 6.95. The molecule has 16 heavy (non-hydrogen) atoms. The van der Waals surface area contributed by atoms with E-state index in [-0.39, 0.29) is 0 Å². The molecule has 2 nitrogen and oxygen atoms in total. The lowest BCUT2D eigenvalue weighted by Crippen LogP contribution is -2.29. The van der Waals surface area contributed by atoms with Crippen LogP contribution in [0.2, 0.25) is 0 Å². The standard InChI is InChI=1S/C14H24O2/c1-2-11-3-7-13(8-4-11)16-14-9-5-12(15)6-10-14/h11,13-14H,2-10H2,1H3. The van der Waals surface area contributed by atoms with Gasteiger partial charge in [-0.15, -0.1) is 0 Å². The van der Waals surface area contributed by atoms with Crippen molar-refractivity contribution in [2.24, 2.45) is 5.92 Å². The first-order chi connectivity index (χ1) is 7.78. The van der Waals surface area contributed by atoms with Crippen LogP contribution in [0.3, 0.4) is 0 Å². The maximum atomic E-state index is 11.1. The molecule has 0 saturated heterocycles. The van der Waals surface area contributed by atoms with Gasteiger partial charge in [0, 0.05) is 12.8 Å². The number of ether oxygens (including phenoxy) is 1. The molecule has 0 unspecified atom stereocenters. The number of hydrogen-bond acceptors (Lipinski definition) is 2. The van der Waals surface area contributed by atoms with Gasteiger partial charge in [-0.1, -0.05) is 13.3 Å². The summed E-state index contributed by atoms with van der Waals surface area (Å²) in [5, 5.41) is 0. The summed E-state index contributed by atoms with van der Waals surface area (Å²) in [6.07, 6.45) is 10.8. The minimum atomic E-state index is 0.376. The van der Waals surface area contributed by atoms with Crippen LogP contribution in [-0.2, 0) is 9.53 Å². The minimum Gasteiger partial charge on any atom is -0.375 e. The fourth-order valence-electron chi connectivity index (χ4n) is 3.00. The SMILES string of the molecule is CCC1CCC(OC2CCC(=O)CC2)CC1. The van der Waals surface area contributed by atoms with Crippen molar-refractivity contribution in [3.63, 3.8) is 0 Å². The van der Waals surface area contributed by atoms with Gasteiger partial charge in [0.25, 0.3) is 0 Å². The van der Waals surface area contributed by atoms with Crippen LogP contribution < -0.4 is 0 Å². The Labute approximate surface area is 98.7 Å². The Balaban J connectivity index is 1.68. The Morgan fingerprint density at radius 2 is 1.56 bits per heavy atom. The van der Waals surface area contributed by atoms with E-state index in [1.807, 2.05) is 0 Å². The predicted molar refractivity (Wildman–Crippen MR) is 64.4 cm³/mol. The second-order valence-corrected chi connectivity index (χ2v) is 5.43. The molecule has 2 aliphatic carbocycles. The molecule has 0 spiro atoms. The normalized spacial score (nSPS) is 32.9. The van der Waals surface area contributed by atoms with Crippen LogP contribution in [0.25, 0.3) is 0 Å². The third-order valence-corrected chi connectivity index (χ3v) is 4.25. The van der Waals surface area contributed by atoms with Gasteiger partial charge in [0.2, 0.25) is 0 Å². The molecule has 0 atom stereocenters. The van der Waals surface area contributed by atoms with Crippen molar-refractivity contribution in [3.8, 4) is 0 Å². The molecule has 0 amide bonds. The summed E-state index contributed by atoms with van der Waals surface area (Å²) >= 11 is 0. The molecule has 0 aliphatic heterocycles. The van der Waals surface area contributed by atoms with E-state index < -0.39 is 0 Å². The van der Waals surface area contributed by atoms with Crippen molar-refractivity contribution < 1.29 is 9.53 Å². The van der Waals surface area contributed by atoms with Crippen LogP contribution in [0.4, 0.5) is 0 Å². The molecule has 2 fully saturated rings. The van der Waals surface area contributed by atoms with Gasteiger partial charge < -0.3 is 4.74 Å². The van der Waals surface area contributed by atoms with Crippen molar-refractivity contribution in [1.82, 2.24) is 0 Å². The van der Waals surface area contributed by atoms with E-state index in [4.69, 9.17) is 4.74 Å². The van der Waals surface area contributed by atoms with E-state index in [9.17, 15) is 4.79 Å². The van der Waals surface area contributed by atoms with Gasteiger partial charge >= 0.3 is 0 Å². The van der Waals surface area contributed by atoms with Crippen molar-refractivity contribution in [2.75, 3.05) is 0 Å². The van der Waals surface area contributed by atoms with E-state index in [0.717, 1.165) is 31.6 Å². The van der Waals surface area contributed by atoms with E-state index in [0.29, 0.717) is 18.0 Å². The van der Waals surface area contributed by atoms with Gasteiger partial charge in [0.1, 0.15) is 5.78 Å². The van der Waals surface area contributed by atoms with Gasteiger partial charge in [0.05, 0.1) is 12.2 Å². The van der Waals surface area contributed by atoms with Crippen molar-refractivity contribution in [2.45, 2.75) is 76.9 Å². The highest BCUT2D eigenvalue weighted by Crippen LogP contribution is 2.30. The van der Waals surface area contributed by atoms with Crippen LogP contribution in [-0.4, -0.2) is 18.0 Å². The second-order valence-electron chi connectivity index (χ2n) is 5.43. The summed E-state index contributed by atoms with van der Waals surface area (Å²) < 4.78 is 6.12. The second kappa shape index (κ2) is 5.81. The number of carbonyl (C=O) groups is 1. The molecule has 2 saturated carbocycles. The van der Waals surface area contributed by atoms with Gasteiger partial charge in [0.15, 0.2) is 0 Å². The summed E-state index contributed by atoms with van der Waals surface area (Å²) in [7, 11) is 0. The zero-order valence-electron chi connectivity index (χ0n) is 10.4. The fraction of sp³-hybridized carbons (Fsp3) is 0.929. The van der Waals surface area contributed by atoms with Crippen LogP contribution in [0.5, 0.6) is 0 Å². The van der Waals surface area contributed by atoms with Crippen molar-refractivity contribution >= 4 is 5.78 Å². The molecule has 2 aliphatic rings. The zero-order valence-corrected chi connectivity index (χ0v) is 10.4. The largest absolute Gasteiger partial charge is 0.375 e. The fourth-order valence-corrected chi connectivity index (χ4v) is 3.00. The molecule has 0 radical (unpaired) electrons. The lowest BCUT2D eigenvalue weighted by molar-refractivity contribution is -0.125. The maximum absolute atomic E-state index is 11.1. The lowest BCUT2D eigenvalue weighted by atomic mass is 9.85. The smallest absolute Gasteiger partial charge is 0.133 e. The highest BCUT2D eigenvalue weighted by molar-refractivity contribution is 5.79. The Morgan fingerprint density at radius 3 is 2.12 bits per heavy atom. The number of carbonyl (C=O) groups excluding carboxylic acids is 1. The van der Waals surface area contributed by atoms with Crippen molar-refractivity contribution in [3.05, 3.63) is 0 Å². The Hall–Kier alpha value is -0.370. The topological polar surface area (TPSA) is 26.3 Å². The average Bonchev–Trinajstić information content (AvgIpc) is 2.33. The summed E-state index contributed by atoms with van der Waals surface area (Å²) in [5.41, 5.74) is 0. The first-order valence-corrected chi connectivity index (χ1v) is 6.95. The maximum Gasteiger partial charge on any atom is 0.133 e. The molecule has 0 aromatic rings. The Morgan fingerprint density at radius 1 is 1.00 bits per heavy atom. The third-order valence-electron chi connectivity index (χ3n) is 4.25. The lowest BCUT2D eigenvalue weighted by Gasteiger charge is -2.32. The first kappa shape index (κ1) is 12.1. The Kier molecular flexibility index (Phi) is 4.39. The molecule has 2 heteroatoms. The molecule has 0 N–H and O–H groups in total. The number of Topliss-reactive ketones (excluding diaryl/α,β-unsaturated/α-hetero) is 1. The van der Waals surface area contributed by atoms with E-state index in [1.165, 1.54) is 32.1 Å². The molecular weight excluding hydrogens is 200 g/mol. The Bertz CT molecular complexity index is 219. The molecular formula is C14H24O2. The van der Waals surface area contributed by atoms with Gasteiger partial charge in [-0.05, 0) is 44.4 Å². The van der Waals surface area contributed by atoms with E-state index in [2.05, 4.69) is 6.92 Å². The summed E-state index contributed by atoms with van der Waals surface area (Å²) in [6, 6.07) is 0. The average molecular weight is 224 g/mol. The van der Waals surface area contributed by atoms with Crippen LogP contribution in [0, 0.1) is 5.92 Å². The zero-order chi connectivity index (χ0) is 11.4. The number of rotatable bonds is 3. The van der Waals surface area contributed by atoms with Crippen LogP contribution in [0.15, 0.2) is 0 Å². The monoisotopic (exact) mass is 224 g/mol. The van der Waals surface area contributed by atoms with Gasteiger partial charge in [-0.3, -0.25) is 4.79 Å². The molecule has 92 valence electrons. The molecule has 0 bridgehead atoms. The predicted octanol–water partition coefficient (Wildman–Crippen LogP) is 3.48. The minimum absolute atomic E-state index is 0.376. The summed E-state index contributed by atoms with van der Waals surface area (Å²) in [5.74, 6) is 1.36. The molecule has 0 aromatic carbocycles. The van der Waals surface area contributed by atoms with E-state index in [1.54, 1.807) is 0 Å². The summed E-state index contributed by atoms with van der Waals surface area (Å²) in [4.78, 5) is 11.1. The highest BCUT2D eigenvalue weighted by atomic mass is 16.5. The third kappa shape index (κ3) is 3.31. The number of hydrogen-bond donors (Lipinski definition) is 0. The van der Waals surface area contributed by atoms with Crippen LogP contribution >= 0.6 is 0 Å². The molecule has 2 rings (SSSR count). The molecule has 0 heterocycles. The summed E-state index contributed by atoms with van der Waals surface area (Å²) in [6.45, 7) is 2.29. The number of ketones is 1. The van der Waals surface area contributed by atoms with Gasteiger partial charge in [-0.2, -0.15) is 0 Å². The molecule has 0 aromatic heterocycles.